The van der Waals surface area contributed by atoms with E-state index in [0.29, 0.717) is 25.0 Å². The molecule has 3 rings (SSSR count). The molecule has 1 N–H and O–H groups in total. The van der Waals surface area contributed by atoms with E-state index in [9.17, 15) is 4.79 Å². The molecule has 3 atom stereocenters. The van der Waals surface area contributed by atoms with E-state index in [4.69, 9.17) is 9.47 Å². The quantitative estimate of drug-likeness (QED) is 0.809. The molecule has 1 aliphatic carbocycles. The molecular formula is C15H19NO3. The van der Waals surface area contributed by atoms with E-state index in [1.807, 2.05) is 30.3 Å². The summed E-state index contributed by atoms with van der Waals surface area (Å²) in [7, 11) is 1.68. The fourth-order valence-electron chi connectivity index (χ4n) is 3.30. The molecule has 1 saturated heterocycles. The summed E-state index contributed by atoms with van der Waals surface area (Å²) in [6.45, 7) is 2.62. The van der Waals surface area contributed by atoms with Crippen molar-refractivity contribution in [2.75, 3.05) is 26.8 Å². The van der Waals surface area contributed by atoms with Crippen molar-refractivity contribution in [2.45, 2.75) is 6.61 Å². The van der Waals surface area contributed by atoms with Gasteiger partial charge in [-0.1, -0.05) is 30.3 Å². The predicted octanol–water partition coefficient (Wildman–Crippen LogP) is 1.21. The maximum atomic E-state index is 12.3. The molecule has 4 nitrogen and oxygen atoms in total. The number of carbonyl (C=O) groups is 1. The van der Waals surface area contributed by atoms with Crippen molar-refractivity contribution >= 4 is 5.97 Å². The Hall–Kier alpha value is -1.39. The summed E-state index contributed by atoms with van der Waals surface area (Å²) < 4.78 is 10.7. The molecule has 1 aromatic carbocycles. The highest BCUT2D eigenvalue weighted by Gasteiger charge is 2.72. The molecule has 4 heteroatoms. The molecule has 0 radical (unpaired) electrons. The van der Waals surface area contributed by atoms with Gasteiger partial charge in [-0.2, -0.15) is 0 Å². The number of benzene rings is 1. The number of piperidine rings is 1. The minimum absolute atomic E-state index is 0.0756. The molecule has 2 fully saturated rings. The van der Waals surface area contributed by atoms with Crippen LogP contribution in [0.5, 0.6) is 0 Å². The van der Waals surface area contributed by atoms with E-state index in [1.54, 1.807) is 7.11 Å². The van der Waals surface area contributed by atoms with Crippen LogP contribution in [0.4, 0.5) is 0 Å². The normalized spacial score (nSPS) is 31.8. The number of esters is 1. The number of fused-ring (bicyclic) bond motifs is 1. The lowest BCUT2D eigenvalue weighted by atomic mass is 10.0. The molecule has 1 aromatic rings. The van der Waals surface area contributed by atoms with Gasteiger partial charge in [0, 0.05) is 19.6 Å². The first-order chi connectivity index (χ1) is 9.29. The van der Waals surface area contributed by atoms with Crippen LogP contribution < -0.4 is 5.32 Å². The van der Waals surface area contributed by atoms with Crippen molar-refractivity contribution in [1.29, 1.82) is 0 Å². The Balaban J connectivity index is 1.61. The summed E-state index contributed by atoms with van der Waals surface area (Å²) in [6, 6.07) is 9.79. The molecule has 1 aliphatic heterocycles. The summed E-state index contributed by atoms with van der Waals surface area (Å²) in [5.41, 5.74) is 0.698. The van der Waals surface area contributed by atoms with Crippen molar-refractivity contribution in [2.24, 2.45) is 17.3 Å². The molecule has 2 aliphatic rings. The average molecular weight is 261 g/mol. The maximum Gasteiger partial charge on any atom is 0.314 e. The van der Waals surface area contributed by atoms with E-state index >= 15 is 0 Å². The Labute approximate surface area is 113 Å². The highest BCUT2D eigenvalue weighted by Crippen LogP contribution is 2.61. The predicted molar refractivity (Wildman–Crippen MR) is 70.4 cm³/mol. The Morgan fingerprint density at radius 3 is 2.95 bits per heavy atom. The van der Waals surface area contributed by atoms with Crippen LogP contribution in [0, 0.1) is 17.3 Å². The molecule has 1 saturated carbocycles. The number of nitrogens with one attached hydrogen (secondary N) is 1. The number of ether oxygens (including phenoxy) is 2. The fourth-order valence-corrected chi connectivity index (χ4v) is 3.30. The summed E-state index contributed by atoms with van der Waals surface area (Å²) >= 11 is 0. The first kappa shape index (κ1) is 12.6. The zero-order valence-electron chi connectivity index (χ0n) is 11.1. The second-order valence-electron chi connectivity index (χ2n) is 5.40. The Morgan fingerprint density at radius 1 is 1.42 bits per heavy atom. The van der Waals surface area contributed by atoms with Gasteiger partial charge in [-0.15, -0.1) is 0 Å². The summed E-state index contributed by atoms with van der Waals surface area (Å²) in [5.74, 6) is 0.631. The van der Waals surface area contributed by atoms with E-state index in [1.165, 1.54) is 0 Å². The molecule has 102 valence electrons. The van der Waals surface area contributed by atoms with Crippen molar-refractivity contribution < 1.29 is 14.3 Å². The highest BCUT2D eigenvalue weighted by molar-refractivity contribution is 5.82. The standard InChI is InChI=1S/C15H19NO3/c1-18-9-13-12-7-16-10-15(12,13)14(17)19-8-11-5-3-2-4-6-11/h2-6,12-13,16H,7-10H2,1H3. The highest BCUT2D eigenvalue weighted by atomic mass is 16.5. The molecule has 19 heavy (non-hydrogen) atoms. The minimum atomic E-state index is -0.329. The molecule has 0 amide bonds. The number of hydrogen-bond donors (Lipinski definition) is 1. The van der Waals surface area contributed by atoms with Gasteiger partial charge in [0.1, 0.15) is 6.61 Å². The Morgan fingerprint density at radius 2 is 2.21 bits per heavy atom. The van der Waals surface area contributed by atoms with Gasteiger partial charge < -0.3 is 14.8 Å². The summed E-state index contributed by atoms with van der Waals surface area (Å²) in [5, 5.41) is 3.27. The third-order valence-electron chi connectivity index (χ3n) is 4.42. The van der Waals surface area contributed by atoms with Crippen molar-refractivity contribution in [3.63, 3.8) is 0 Å². The minimum Gasteiger partial charge on any atom is -0.460 e. The van der Waals surface area contributed by atoms with Crippen LogP contribution in [0.25, 0.3) is 0 Å². The van der Waals surface area contributed by atoms with Gasteiger partial charge in [-0.3, -0.25) is 4.79 Å². The molecule has 1 heterocycles. The van der Waals surface area contributed by atoms with E-state index in [2.05, 4.69) is 5.32 Å². The first-order valence-electron chi connectivity index (χ1n) is 6.70. The third-order valence-corrected chi connectivity index (χ3v) is 4.42. The van der Waals surface area contributed by atoms with E-state index in [0.717, 1.165) is 18.7 Å². The second kappa shape index (κ2) is 4.94. The van der Waals surface area contributed by atoms with Gasteiger partial charge >= 0.3 is 5.97 Å². The largest absolute Gasteiger partial charge is 0.460 e. The zero-order chi connectivity index (χ0) is 13.3. The van der Waals surface area contributed by atoms with Crippen LogP contribution in [0.1, 0.15) is 5.56 Å². The van der Waals surface area contributed by atoms with Gasteiger partial charge in [0.05, 0.1) is 12.0 Å². The topological polar surface area (TPSA) is 47.6 Å². The lowest BCUT2D eigenvalue weighted by molar-refractivity contribution is -0.152. The Bertz CT molecular complexity index is 462. The molecule has 0 spiro atoms. The lowest BCUT2D eigenvalue weighted by Gasteiger charge is -2.14. The number of carbonyl (C=O) groups excluding carboxylic acids is 1. The molecule has 0 bridgehead atoms. The van der Waals surface area contributed by atoms with Crippen LogP contribution >= 0.6 is 0 Å². The second-order valence-corrected chi connectivity index (χ2v) is 5.40. The SMILES string of the molecule is COCC1C2CNCC21C(=O)OCc1ccccc1. The molecular weight excluding hydrogens is 242 g/mol. The summed E-state index contributed by atoms with van der Waals surface area (Å²) in [4.78, 5) is 12.3. The van der Waals surface area contributed by atoms with Crippen molar-refractivity contribution in [1.82, 2.24) is 5.32 Å². The van der Waals surface area contributed by atoms with Gasteiger partial charge in [0.15, 0.2) is 0 Å². The van der Waals surface area contributed by atoms with Crippen molar-refractivity contribution in [3.05, 3.63) is 35.9 Å². The third kappa shape index (κ3) is 2.05. The average Bonchev–Trinajstić information content (AvgIpc) is 2.85. The van der Waals surface area contributed by atoms with Crippen LogP contribution in [-0.4, -0.2) is 32.8 Å². The van der Waals surface area contributed by atoms with Gasteiger partial charge in [-0.05, 0) is 18.0 Å². The number of methoxy groups -OCH3 is 1. The molecule has 3 unspecified atom stereocenters. The van der Waals surface area contributed by atoms with Crippen LogP contribution in [0.3, 0.4) is 0 Å². The van der Waals surface area contributed by atoms with Crippen LogP contribution in [-0.2, 0) is 20.9 Å². The Kier molecular flexibility index (Phi) is 3.29. The molecule has 0 aromatic heterocycles. The number of rotatable bonds is 5. The van der Waals surface area contributed by atoms with Crippen molar-refractivity contribution in [3.8, 4) is 0 Å². The van der Waals surface area contributed by atoms with Gasteiger partial charge in [0.25, 0.3) is 0 Å². The lowest BCUT2D eigenvalue weighted by Crippen LogP contribution is -2.30. The smallest absolute Gasteiger partial charge is 0.314 e. The van der Waals surface area contributed by atoms with Crippen LogP contribution in [0.15, 0.2) is 30.3 Å². The van der Waals surface area contributed by atoms with Gasteiger partial charge in [-0.25, -0.2) is 0 Å². The maximum absolute atomic E-state index is 12.3. The fraction of sp³-hybridized carbons (Fsp3) is 0.533. The monoisotopic (exact) mass is 261 g/mol. The summed E-state index contributed by atoms with van der Waals surface area (Å²) in [6.07, 6.45) is 0. The van der Waals surface area contributed by atoms with E-state index in [-0.39, 0.29) is 11.4 Å². The van der Waals surface area contributed by atoms with Gasteiger partial charge in [0.2, 0.25) is 0 Å². The number of hydrogen-bond acceptors (Lipinski definition) is 4. The van der Waals surface area contributed by atoms with Crippen LogP contribution in [0.2, 0.25) is 0 Å². The zero-order valence-corrected chi connectivity index (χ0v) is 11.1. The van der Waals surface area contributed by atoms with E-state index < -0.39 is 0 Å². The first-order valence-corrected chi connectivity index (χ1v) is 6.70.